The van der Waals surface area contributed by atoms with Crippen LogP contribution in [-0.4, -0.2) is 23.5 Å². The van der Waals surface area contributed by atoms with E-state index in [9.17, 15) is 14.7 Å². The maximum atomic E-state index is 12.4. The minimum atomic E-state index is -0.795. The summed E-state index contributed by atoms with van der Waals surface area (Å²) in [5, 5.41) is 12.4. The first-order valence-corrected chi connectivity index (χ1v) is 8.21. The zero-order valence-electron chi connectivity index (χ0n) is 12.7. The van der Waals surface area contributed by atoms with Gasteiger partial charge in [-0.25, -0.2) is 0 Å². The average molecular weight is 301 g/mol. The molecule has 1 amide bonds. The summed E-state index contributed by atoms with van der Waals surface area (Å²) in [4.78, 5) is 23.8. The Hall–Kier alpha value is -1.84. The van der Waals surface area contributed by atoms with Gasteiger partial charge < -0.3 is 10.4 Å². The molecular weight excluding hydrogens is 278 g/mol. The Balaban J connectivity index is 1.48. The lowest BCUT2D eigenvalue weighted by molar-refractivity contribution is -0.149. The van der Waals surface area contributed by atoms with Crippen LogP contribution in [0, 0.1) is 23.7 Å². The Morgan fingerprint density at radius 2 is 1.77 bits per heavy atom. The Labute approximate surface area is 130 Å². The van der Waals surface area contributed by atoms with Crippen molar-refractivity contribution >= 4 is 11.9 Å². The van der Waals surface area contributed by atoms with E-state index in [-0.39, 0.29) is 23.7 Å². The molecule has 22 heavy (non-hydrogen) atoms. The molecule has 4 heteroatoms. The Morgan fingerprint density at radius 1 is 1.09 bits per heavy atom. The second-order valence-corrected chi connectivity index (χ2v) is 6.60. The number of rotatable bonds is 6. The number of benzene rings is 1. The largest absolute Gasteiger partial charge is 0.481 e. The minimum Gasteiger partial charge on any atom is -0.481 e. The molecule has 0 unspecified atom stereocenters. The highest BCUT2D eigenvalue weighted by Gasteiger charge is 2.53. The lowest BCUT2D eigenvalue weighted by Gasteiger charge is -2.27. The second kappa shape index (κ2) is 6.51. The summed E-state index contributed by atoms with van der Waals surface area (Å²) in [6.07, 6.45) is 4.71. The summed E-state index contributed by atoms with van der Waals surface area (Å²) in [7, 11) is 0. The van der Waals surface area contributed by atoms with Gasteiger partial charge in [-0.05, 0) is 49.5 Å². The maximum Gasteiger partial charge on any atom is 0.307 e. The summed E-state index contributed by atoms with van der Waals surface area (Å²) in [5.41, 5.74) is 1.26. The van der Waals surface area contributed by atoms with E-state index in [1.165, 1.54) is 5.56 Å². The Kier molecular flexibility index (Phi) is 4.46. The van der Waals surface area contributed by atoms with E-state index < -0.39 is 11.9 Å². The van der Waals surface area contributed by atoms with Crippen molar-refractivity contribution in [2.24, 2.45) is 23.7 Å². The van der Waals surface area contributed by atoms with Gasteiger partial charge in [-0.3, -0.25) is 9.59 Å². The molecule has 1 aromatic carbocycles. The molecule has 0 aromatic heterocycles. The first-order valence-electron chi connectivity index (χ1n) is 8.21. The molecule has 0 radical (unpaired) electrons. The molecule has 4 atom stereocenters. The topological polar surface area (TPSA) is 66.4 Å². The van der Waals surface area contributed by atoms with Crippen molar-refractivity contribution < 1.29 is 14.7 Å². The van der Waals surface area contributed by atoms with Crippen LogP contribution in [0.25, 0.3) is 0 Å². The molecule has 2 N–H and O–H groups in total. The van der Waals surface area contributed by atoms with E-state index >= 15 is 0 Å². The molecule has 2 aliphatic rings. The highest BCUT2D eigenvalue weighted by Crippen LogP contribution is 2.52. The molecule has 118 valence electrons. The Morgan fingerprint density at radius 3 is 2.45 bits per heavy atom. The zero-order chi connectivity index (χ0) is 15.5. The van der Waals surface area contributed by atoms with E-state index in [1.54, 1.807) is 0 Å². The van der Waals surface area contributed by atoms with Crippen molar-refractivity contribution in [2.45, 2.75) is 32.1 Å². The van der Waals surface area contributed by atoms with Crippen LogP contribution in [0.1, 0.15) is 31.2 Å². The SMILES string of the molecule is O=C(O)[C@@H]1[C@@H]2CC[C@@H](C2)[C@@H]1C(=O)NCCCc1ccccc1. The summed E-state index contributed by atoms with van der Waals surface area (Å²) >= 11 is 0. The number of fused-ring (bicyclic) bond motifs is 2. The van der Waals surface area contributed by atoms with E-state index in [1.807, 2.05) is 18.2 Å². The van der Waals surface area contributed by atoms with E-state index in [4.69, 9.17) is 0 Å². The van der Waals surface area contributed by atoms with Gasteiger partial charge in [0.2, 0.25) is 5.91 Å². The molecule has 2 aliphatic carbocycles. The molecule has 2 fully saturated rings. The van der Waals surface area contributed by atoms with Crippen LogP contribution >= 0.6 is 0 Å². The van der Waals surface area contributed by atoms with Gasteiger partial charge in [0.25, 0.3) is 0 Å². The smallest absolute Gasteiger partial charge is 0.307 e. The highest BCUT2D eigenvalue weighted by atomic mass is 16.4. The van der Waals surface area contributed by atoms with Gasteiger partial charge in [0, 0.05) is 6.54 Å². The van der Waals surface area contributed by atoms with Crippen molar-refractivity contribution in [3.05, 3.63) is 35.9 Å². The first kappa shape index (κ1) is 15.1. The quantitative estimate of drug-likeness (QED) is 0.793. The number of nitrogens with one attached hydrogen (secondary N) is 1. The normalized spacial score (nSPS) is 29.5. The number of hydrogen-bond acceptors (Lipinski definition) is 2. The van der Waals surface area contributed by atoms with Crippen LogP contribution in [-0.2, 0) is 16.0 Å². The third-order valence-electron chi connectivity index (χ3n) is 5.29. The van der Waals surface area contributed by atoms with Gasteiger partial charge in [-0.1, -0.05) is 30.3 Å². The number of carboxylic acids is 1. The predicted molar refractivity (Wildman–Crippen MR) is 83.2 cm³/mol. The predicted octanol–water partition coefficient (Wildman–Crippen LogP) is 2.48. The van der Waals surface area contributed by atoms with Crippen LogP contribution in [0.15, 0.2) is 30.3 Å². The van der Waals surface area contributed by atoms with Crippen molar-refractivity contribution in [1.29, 1.82) is 0 Å². The van der Waals surface area contributed by atoms with Gasteiger partial charge in [0.1, 0.15) is 0 Å². The molecule has 0 heterocycles. The average Bonchev–Trinajstić information content (AvgIpc) is 3.13. The van der Waals surface area contributed by atoms with E-state index in [2.05, 4.69) is 17.4 Å². The minimum absolute atomic E-state index is 0.0485. The van der Waals surface area contributed by atoms with Crippen LogP contribution in [0.2, 0.25) is 0 Å². The fourth-order valence-electron chi connectivity index (χ4n) is 4.29. The molecule has 2 saturated carbocycles. The third-order valence-corrected chi connectivity index (χ3v) is 5.29. The number of carbonyl (C=O) groups excluding carboxylic acids is 1. The monoisotopic (exact) mass is 301 g/mol. The summed E-state index contributed by atoms with van der Waals surface area (Å²) in [6, 6.07) is 10.2. The molecular formula is C18H23NO3. The third kappa shape index (κ3) is 3.01. The Bertz CT molecular complexity index is 543. The fraction of sp³-hybridized carbons (Fsp3) is 0.556. The molecule has 0 saturated heterocycles. The number of aryl methyl sites for hydroxylation is 1. The van der Waals surface area contributed by atoms with Crippen molar-refractivity contribution in [2.75, 3.05) is 6.54 Å². The molecule has 0 aliphatic heterocycles. The number of aliphatic carboxylic acids is 1. The molecule has 0 spiro atoms. The summed E-state index contributed by atoms with van der Waals surface area (Å²) in [6.45, 7) is 0.619. The zero-order valence-corrected chi connectivity index (χ0v) is 12.7. The lowest BCUT2D eigenvalue weighted by atomic mass is 9.78. The summed E-state index contributed by atoms with van der Waals surface area (Å²) in [5.74, 6) is -1.13. The number of amides is 1. The standard InChI is InChI=1S/C18H23NO3/c20-17(19-10-4-7-12-5-2-1-3-6-12)15-13-8-9-14(11-13)16(15)18(21)22/h1-3,5-6,13-16H,4,7-11H2,(H,19,20)(H,21,22)/t13-,14+,15-,16+/m0/s1. The van der Waals surface area contributed by atoms with E-state index in [0.717, 1.165) is 32.1 Å². The number of carboxylic acid groups (broad SMARTS) is 1. The first-order chi connectivity index (χ1) is 10.7. The molecule has 2 bridgehead atoms. The number of hydrogen-bond donors (Lipinski definition) is 2. The van der Waals surface area contributed by atoms with E-state index in [0.29, 0.717) is 6.54 Å². The van der Waals surface area contributed by atoms with Crippen molar-refractivity contribution in [1.82, 2.24) is 5.32 Å². The van der Waals surface area contributed by atoms with Gasteiger partial charge in [-0.2, -0.15) is 0 Å². The van der Waals surface area contributed by atoms with Gasteiger partial charge in [0.05, 0.1) is 11.8 Å². The highest BCUT2D eigenvalue weighted by molar-refractivity contribution is 5.86. The fourth-order valence-corrected chi connectivity index (χ4v) is 4.29. The van der Waals surface area contributed by atoms with Crippen LogP contribution in [0.3, 0.4) is 0 Å². The van der Waals surface area contributed by atoms with Crippen molar-refractivity contribution in [3.8, 4) is 0 Å². The van der Waals surface area contributed by atoms with Gasteiger partial charge in [0.15, 0.2) is 0 Å². The number of carbonyl (C=O) groups is 2. The molecule has 3 rings (SSSR count). The summed E-state index contributed by atoms with van der Waals surface area (Å²) < 4.78 is 0. The van der Waals surface area contributed by atoms with Crippen LogP contribution < -0.4 is 5.32 Å². The van der Waals surface area contributed by atoms with Gasteiger partial charge in [-0.15, -0.1) is 0 Å². The lowest BCUT2D eigenvalue weighted by Crippen LogP contribution is -2.41. The van der Waals surface area contributed by atoms with Crippen LogP contribution in [0.5, 0.6) is 0 Å². The van der Waals surface area contributed by atoms with Crippen molar-refractivity contribution in [3.63, 3.8) is 0 Å². The molecule has 4 nitrogen and oxygen atoms in total. The molecule has 1 aromatic rings. The van der Waals surface area contributed by atoms with Crippen LogP contribution in [0.4, 0.5) is 0 Å². The second-order valence-electron chi connectivity index (χ2n) is 6.60. The van der Waals surface area contributed by atoms with Gasteiger partial charge >= 0.3 is 5.97 Å². The maximum absolute atomic E-state index is 12.4.